The maximum absolute atomic E-state index is 13.7. The normalized spacial score (nSPS) is 10.7. The molecule has 0 unspecified atom stereocenters. The summed E-state index contributed by atoms with van der Waals surface area (Å²) in [4.78, 5) is 11.9. The third-order valence-corrected chi connectivity index (χ3v) is 4.63. The van der Waals surface area contributed by atoms with Gasteiger partial charge in [0.05, 0.1) is 11.3 Å². The summed E-state index contributed by atoms with van der Waals surface area (Å²) in [6.45, 7) is 2.62. The molecule has 1 N–H and O–H groups in total. The molecule has 0 aliphatic carbocycles. The molecule has 7 heteroatoms. The van der Waals surface area contributed by atoms with Crippen LogP contribution in [0.5, 0.6) is 0 Å². The fourth-order valence-electron chi connectivity index (χ4n) is 2.42. The van der Waals surface area contributed by atoms with Crippen molar-refractivity contribution in [2.24, 2.45) is 0 Å². The van der Waals surface area contributed by atoms with Crippen LogP contribution in [0.25, 0.3) is 11.5 Å². The molecule has 1 aromatic heterocycles. The van der Waals surface area contributed by atoms with E-state index in [1.165, 1.54) is 17.2 Å². The average molecular weight is 371 g/mol. The van der Waals surface area contributed by atoms with Gasteiger partial charge in [0.1, 0.15) is 5.82 Å². The zero-order valence-corrected chi connectivity index (χ0v) is 15.1. The van der Waals surface area contributed by atoms with E-state index in [4.69, 9.17) is 4.42 Å². The predicted molar refractivity (Wildman–Crippen MR) is 98.3 cm³/mol. The van der Waals surface area contributed by atoms with E-state index in [1.807, 2.05) is 12.1 Å². The van der Waals surface area contributed by atoms with E-state index in [1.54, 1.807) is 18.2 Å². The highest BCUT2D eigenvalue weighted by molar-refractivity contribution is 7.99. The molecule has 0 aliphatic rings. The van der Waals surface area contributed by atoms with Gasteiger partial charge in [-0.25, -0.2) is 4.39 Å². The molecule has 0 radical (unpaired) electrons. The molecule has 0 aliphatic heterocycles. The van der Waals surface area contributed by atoms with Crippen LogP contribution >= 0.6 is 11.8 Å². The molecule has 0 spiro atoms. The number of thioether (sulfide) groups is 1. The van der Waals surface area contributed by atoms with Crippen LogP contribution in [0.2, 0.25) is 0 Å². The van der Waals surface area contributed by atoms with Crippen molar-refractivity contribution in [3.63, 3.8) is 0 Å². The second-order valence-electron chi connectivity index (χ2n) is 5.67. The van der Waals surface area contributed by atoms with E-state index in [0.29, 0.717) is 6.54 Å². The molecule has 5 nitrogen and oxygen atoms in total. The van der Waals surface area contributed by atoms with Gasteiger partial charge in [0.25, 0.3) is 11.1 Å². The number of rotatable bonds is 7. The van der Waals surface area contributed by atoms with E-state index >= 15 is 0 Å². The van der Waals surface area contributed by atoms with Gasteiger partial charge in [-0.05, 0) is 36.6 Å². The van der Waals surface area contributed by atoms with Gasteiger partial charge < -0.3 is 9.73 Å². The van der Waals surface area contributed by atoms with E-state index in [2.05, 4.69) is 34.6 Å². The molecule has 0 atom stereocenters. The minimum absolute atomic E-state index is 0.102. The molecule has 26 heavy (non-hydrogen) atoms. The number of aryl methyl sites for hydroxylation is 1. The third-order valence-electron chi connectivity index (χ3n) is 3.82. The average Bonchev–Trinajstić information content (AvgIpc) is 3.11. The second-order valence-corrected chi connectivity index (χ2v) is 6.59. The van der Waals surface area contributed by atoms with E-state index in [0.717, 1.165) is 18.2 Å². The highest BCUT2D eigenvalue weighted by Gasteiger charge is 2.13. The molecule has 3 rings (SSSR count). The van der Waals surface area contributed by atoms with Crippen LogP contribution in [0, 0.1) is 12.7 Å². The lowest BCUT2D eigenvalue weighted by Gasteiger charge is -2.06. The molecule has 134 valence electrons. The molecular weight excluding hydrogens is 353 g/mol. The highest BCUT2D eigenvalue weighted by Crippen LogP contribution is 2.24. The molecule has 0 fully saturated rings. The molecular formula is C19H18FN3O2S. The summed E-state index contributed by atoms with van der Waals surface area (Å²) in [6, 6.07) is 14.3. The SMILES string of the molecule is Cc1ccccc1CCNC(=O)CSc1nnc(-c2ccccc2F)o1. The minimum atomic E-state index is -0.429. The molecule has 0 saturated carbocycles. The largest absolute Gasteiger partial charge is 0.411 e. The quantitative estimate of drug-likeness (QED) is 0.642. The number of benzene rings is 2. The zero-order chi connectivity index (χ0) is 18.4. The summed E-state index contributed by atoms with van der Waals surface area (Å²) in [5.41, 5.74) is 2.67. The summed E-state index contributed by atoms with van der Waals surface area (Å²) in [7, 11) is 0. The number of aromatic nitrogens is 2. The highest BCUT2D eigenvalue weighted by atomic mass is 32.2. The molecule has 0 bridgehead atoms. The van der Waals surface area contributed by atoms with Crippen LogP contribution in [0.1, 0.15) is 11.1 Å². The van der Waals surface area contributed by atoms with Crippen molar-refractivity contribution in [1.82, 2.24) is 15.5 Å². The number of hydrogen-bond acceptors (Lipinski definition) is 5. The fraction of sp³-hybridized carbons (Fsp3) is 0.211. The fourth-order valence-corrected chi connectivity index (χ4v) is 3.01. The van der Waals surface area contributed by atoms with Crippen LogP contribution in [0.15, 0.2) is 58.2 Å². The van der Waals surface area contributed by atoms with Crippen LogP contribution in [-0.4, -0.2) is 28.4 Å². The smallest absolute Gasteiger partial charge is 0.277 e. The Morgan fingerprint density at radius 3 is 2.73 bits per heavy atom. The summed E-state index contributed by atoms with van der Waals surface area (Å²) in [6.07, 6.45) is 0.779. The van der Waals surface area contributed by atoms with Crippen LogP contribution < -0.4 is 5.32 Å². The van der Waals surface area contributed by atoms with Gasteiger partial charge in [0, 0.05) is 6.54 Å². The standard InChI is InChI=1S/C19H18FN3O2S/c1-13-6-2-3-7-14(13)10-11-21-17(24)12-26-19-23-22-18(25-19)15-8-4-5-9-16(15)20/h2-9H,10-12H2,1H3,(H,21,24). The Labute approximate surface area is 155 Å². The van der Waals surface area contributed by atoms with Crippen molar-refractivity contribution >= 4 is 17.7 Å². The first-order chi connectivity index (χ1) is 12.6. The second kappa shape index (κ2) is 8.62. The number of carbonyl (C=O) groups excluding carboxylic acids is 1. The van der Waals surface area contributed by atoms with Gasteiger partial charge in [-0.3, -0.25) is 4.79 Å². The summed E-state index contributed by atoms with van der Waals surface area (Å²) >= 11 is 1.12. The van der Waals surface area contributed by atoms with Gasteiger partial charge in [-0.2, -0.15) is 0 Å². The third kappa shape index (κ3) is 4.70. The van der Waals surface area contributed by atoms with Crippen molar-refractivity contribution in [1.29, 1.82) is 0 Å². The Bertz CT molecular complexity index is 898. The number of hydrogen-bond donors (Lipinski definition) is 1. The first kappa shape index (κ1) is 18.1. The van der Waals surface area contributed by atoms with E-state index in [9.17, 15) is 9.18 Å². The Morgan fingerprint density at radius 1 is 1.15 bits per heavy atom. The van der Waals surface area contributed by atoms with Crippen LogP contribution in [0.3, 0.4) is 0 Å². The molecule has 0 saturated heterocycles. The van der Waals surface area contributed by atoms with Gasteiger partial charge in [0.2, 0.25) is 5.91 Å². The molecule has 2 aromatic carbocycles. The lowest BCUT2D eigenvalue weighted by Crippen LogP contribution is -2.27. The number of nitrogens with one attached hydrogen (secondary N) is 1. The Morgan fingerprint density at radius 2 is 1.92 bits per heavy atom. The first-order valence-electron chi connectivity index (χ1n) is 8.16. The Kier molecular flexibility index (Phi) is 6.01. The zero-order valence-electron chi connectivity index (χ0n) is 14.2. The monoisotopic (exact) mass is 371 g/mol. The predicted octanol–water partition coefficient (Wildman–Crippen LogP) is 3.64. The maximum atomic E-state index is 13.7. The van der Waals surface area contributed by atoms with E-state index in [-0.39, 0.29) is 28.3 Å². The van der Waals surface area contributed by atoms with Gasteiger partial charge in [-0.15, -0.1) is 10.2 Å². The van der Waals surface area contributed by atoms with Crippen molar-refractivity contribution < 1.29 is 13.6 Å². The number of nitrogens with zero attached hydrogens (tertiary/aromatic N) is 2. The number of amides is 1. The van der Waals surface area contributed by atoms with Crippen molar-refractivity contribution in [2.75, 3.05) is 12.3 Å². The number of carbonyl (C=O) groups is 1. The van der Waals surface area contributed by atoms with Gasteiger partial charge in [0.15, 0.2) is 0 Å². The van der Waals surface area contributed by atoms with Crippen molar-refractivity contribution in [2.45, 2.75) is 18.6 Å². The molecule has 3 aromatic rings. The van der Waals surface area contributed by atoms with Crippen molar-refractivity contribution in [3.05, 3.63) is 65.5 Å². The summed E-state index contributed by atoms with van der Waals surface area (Å²) in [5, 5.41) is 10.8. The topological polar surface area (TPSA) is 68.0 Å². The van der Waals surface area contributed by atoms with Gasteiger partial charge >= 0.3 is 0 Å². The van der Waals surface area contributed by atoms with E-state index < -0.39 is 5.82 Å². The van der Waals surface area contributed by atoms with Crippen LogP contribution in [-0.2, 0) is 11.2 Å². The summed E-state index contributed by atoms with van der Waals surface area (Å²) < 4.78 is 19.1. The van der Waals surface area contributed by atoms with Crippen molar-refractivity contribution in [3.8, 4) is 11.5 Å². The van der Waals surface area contributed by atoms with Crippen LogP contribution in [0.4, 0.5) is 4.39 Å². The first-order valence-corrected chi connectivity index (χ1v) is 9.14. The minimum Gasteiger partial charge on any atom is -0.411 e. The lowest BCUT2D eigenvalue weighted by molar-refractivity contribution is -0.118. The Hall–Kier alpha value is -2.67. The summed E-state index contributed by atoms with van der Waals surface area (Å²) in [5.74, 6) is -0.284. The Balaban J connectivity index is 1.46. The maximum Gasteiger partial charge on any atom is 0.277 e. The molecule has 1 amide bonds. The molecule has 1 heterocycles. The lowest BCUT2D eigenvalue weighted by atomic mass is 10.1. The number of halogens is 1. The van der Waals surface area contributed by atoms with Gasteiger partial charge in [-0.1, -0.05) is 48.2 Å².